The Kier molecular flexibility index (Phi) is 6.43. The monoisotopic (exact) mass is 444 g/mol. The molecule has 0 unspecified atom stereocenters. The van der Waals surface area contributed by atoms with Gasteiger partial charge in [0.05, 0.1) is 7.11 Å². The third kappa shape index (κ3) is 4.61. The van der Waals surface area contributed by atoms with Crippen LogP contribution in [0, 0.1) is 11.6 Å². The molecule has 2 aromatic rings. The number of carbonyl (C=O) groups is 2. The number of nitrogens with zero attached hydrogens (tertiary/aromatic N) is 3. The number of urea groups is 1. The van der Waals surface area contributed by atoms with Crippen molar-refractivity contribution in [2.75, 3.05) is 56.6 Å². The highest BCUT2D eigenvalue weighted by Gasteiger charge is 2.26. The van der Waals surface area contributed by atoms with Crippen LogP contribution in [0.15, 0.2) is 36.4 Å². The Bertz CT molecular complexity index is 979. The van der Waals surface area contributed by atoms with E-state index in [-0.39, 0.29) is 17.3 Å². The van der Waals surface area contributed by atoms with Gasteiger partial charge in [-0.05, 0) is 43.2 Å². The van der Waals surface area contributed by atoms with Gasteiger partial charge >= 0.3 is 6.03 Å². The average Bonchev–Trinajstić information content (AvgIpc) is 3.32. The highest BCUT2D eigenvalue weighted by Crippen LogP contribution is 2.30. The number of piperazine rings is 1. The first-order valence-corrected chi connectivity index (χ1v) is 10.7. The summed E-state index contributed by atoms with van der Waals surface area (Å²) >= 11 is 0. The van der Waals surface area contributed by atoms with E-state index in [0.29, 0.717) is 50.6 Å². The number of methoxy groups -OCH3 is 1. The first-order valence-electron chi connectivity index (χ1n) is 10.7. The summed E-state index contributed by atoms with van der Waals surface area (Å²) < 4.78 is 34.2. The Hall–Kier alpha value is -3.36. The van der Waals surface area contributed by atoms with E-state index in [0.717, 1.165) is 25.0 Å². The van der Waals surface area contributed by atoms with Gasteiger partial charge in [0.1, 0.15) is 11.4 Å². The van der Waals surface area contributed by atoms with Crippen LogP contribution in [-0.4, -0.2) is 68.1 Å². The van der Waals surface area contributed by atoms with E-state index in [1.807, 2.05) is 0 Å². The molecule has 3 amide bonds. The third-order valence-corrected chi connectivity index (χ3v) is 5.86. The second-order valence-electron chi connectivity index (χ2n) is 7.92. The fourth-order valence-corrected chi connectivity index (χ4v) is 4.13. The van der Waals surface area contributed by atoms with Gasteiger partial charge in [0.2, 0.25) is 0 Å². The van der Waals surface area contributed by atoms with Crippen molar-refractivity contribution < 1.29 is 23.1 Å². The molecule has 2 heterocycles. The van der Waals surface area contributed by atoms with Gasteiger partial charge in [0.15, 0.2) is 11.6 Å². The lowest BCUT2D eigenvalue weighted by Crippen LogP contribution is -2.51. The molecule has 0 saturated carbocycles. The van der Waals surface area contributed by atoms with Crippen molar-refractivity contribution in [1.82, 2.24) is 9.80 Å². The molecule has 0 atom stereocenters. The first-order chi connectivity index (χ1) is 15.5. The van der Waals surface area contributed by atoms with Gasteiger partial charge < -0.3 is 24.8 Å². The summed E-state index contributed by atoms with van der Waals surface area (Å²) in [6.07, 6.45) is 1.81. The summed E-state index contributed by atoms with van der Waals surface area (Å²) in [5.74, 6) is -0.901. The molecule has 0 spiro atoms. The van der Waals surface area contributed by atoms with E-state index >= 15 is 0 Å². The standard InChI is InChI=1S/C23H26F2N4O3/c1-32-18-6-4-5-16(13-18)22(30)28-9-11-29(12-10-28)23(31)26-17-14-19(24)21(20(25)15-17)27-7-2-3-8-27/h4-6,13-15H,2-3,7-12H2,1H3,(H,26,31). The largest absolute Gasteiger partial charge is 0.497 e. The lowest BCUT2D eigenvalue weighted by atomic mass is 10.1. The van der Waals surface area contributed by atoms with Gasteiger partial charge in [0, 0.05) is 50.5 Å². The number of hydrogen-bond acceptors (Lipinski definition) is 4. The zero-order valence-electron chi connectivity index (χ0n) is 17.9. The molecule has 2 saturated heterocycles. The normalized spacial score (nSPS) is 16.3. The van der Waals surface area contributed by atoms with E-state index in [1.165, 1.54) is 4.90 Å². The third-order valence-electron chi connectivity index (χ3n) is 5.86. The highest BCUT2D eigenvalue weighted by molar-refractivity contribution is 5.95. The topological polar surface area (TPSA) is 65.1 Å². The van der Waals surface area contributed by atoms with Crippen LogP contribution in [0.1, 0.15) is 23.2 Å². The van der Waals surface area contributed by atoms with Gasteiger partial charge in [0.25, 0.3) is 5.91 Å². The number of hydrogen-bond donors (Lipinski definition) is 1. The molecule has 0 aromatic heterocycles. The number of rotatable bonds is 4. The number of halogens is 2. The van der Waals surface area contributed by atoms with Crippen LogP contribution in [-0.2, 0) is 0 Å². The fraction of sp³-hybridized carbons (Fsp3) is 0.391. The number of carbonyl (C=O) groups excluding carboxylic acids is 2. The maximum Gasteiger partial charge on any atom is 0.321 e. The van der Waals surface area contributed by atoms with E-state index in [4.69, 9.17) is 4.74 Å². The molecule has 2 aromatic carbocycles. The molecule has 4 rings (SSSR count). The summed E-state index contributed by atoms with van der Waals surface area (Å²) in [7, 11) is 1.54. The second-order valence-corrected chi connectivity index (χ2v) is 7.92. The summed E-state index contributed by atoms with van der Waals surface area (Å²) in [5, 5.41) is 2.57. The molecular weight excluding hydrogens is 418 g/mol. The minimum atomic E-state index is -0.684. The Morgan fingerprint density at radius 3 is 2.16 bits per heavy atom. The molecule has 2 aliphatic rings. The minimum absolute atomic E-state index is 0.0369. The average molecular weight is 444 g/mol. The lowest BCUT2D eigenvalue weighted by Gasteiger charge is -2.34. The molecule has 9 heteroatoms. The summed E-state index contributed by atoms with van der Waals surface area (Å²) in [6.45, 7) is 2.60. The van der Waals surface area contributed by atoms with Crippen LogP contribution in [0.3, 0.4) is 0 Å². The molecular formula is C23H26F2N4O3. The predicted molar refractivity (Wildman–Crippen MR) is 117 cm³/mol. The highest BCUT2D eigenvalue weighted by atomic mass is 19.1. The van der Waals surface area contributed by atoms with Crippen LogP contribution >= 0.6 is 0 Å². The van der Waals surface area contributed by atoms with Crippen LogP contribution in [0.5, 0.6) is 5.75 Å². The van der Waals surface area contributed by atoms with Crippen molar-refractivity contribution in [2.45, 2.75) is 12.8 Å². The Morgan fingerprint density at radius 2 is 1.53 bits per heavy atom. The van der Waals surface area contributed by atoms with E-state index in [2.05, 4.69) is 5.32 Å². The van der Waals surface area contributed by atoms with Crippen molar-refractivity contribution in [2.24, 2.45) is 0 Å². The zero-order chi connectivity index (χ0) is 22.7. The second kappa shape index (κ2) is 9.42. The van der Waals surface area contributed by atoms with Crippen molar-refractivity contribution in [1.29, 1.82) is 0 Å². The molecule has 7 nitrogen and oxygen atoms in total. The smallest absolute Gasteiger partial charge is 0.321 e. The molecule has 32 heavy (non-hydrogen) atoms. The predicted octanol–water partition coefficient (Wildman–Crippen LogP) is 3.56. The maximum absolute atomic E-state index is 14.5. The number of ether oxygens (including phenoxy) is 1. The van der Waals surface area contributed by atoms with Gasteiger partial charge in [-0.2, -0.15) is 0 Å². The zero-order valence-corrected chi connectivity index (χ0v) is 17.9. The van der Waals surface area contributed by atoms with E-state index in [1.54, 1.807) is 41.2 Å². The van der Waals surface area contributed by atoms with Crippen molar-refractivity contribution in [3.05, 3.63) is 53.6 Å². The van der Waals surface area contributed by atoms with Gasteiger partial charge in [-0.25, -0.2) is 13.6 Å². The number of nitrogens with one attached hydrogen (secondary N) is 1. The fourth-order valence-electron chi connectivity index (χ4n) is 4.13. The molecule has 2 aliphatic heterocycles. The van der Waals surface area contributed by atoms with Crippen LogP contribution in [0.25, 0.3) is 0 Å². The Balaban J connectivity index is 1.35. The van der Waals surface area contributed by atoms with Crippen LogP contribution < -0.4 is 15.0 Å². The summed E-state index contributed by atoms with van der Waals surface area (Å²) in [5.41, 5.74) is 0.555. The number of anilines is 2. The van der Waals surface area contributed by atoms with Crippen LogP contribution in [0.4, 0.5) is 25.0 Å². The molecule has 170 valence electrons. The van der Waals surface area contributed by atoms with Gasteiger partial charge in [-0.3, -0.25) is 4.79 Å². The van der Waals surface area contributed by atoms with Gasteiger partial charge in [-0.1, -0.05) is 6.07 Å². The quantitative estimate of drug-likeness (QED) is 0.783. The molecule has 1 N–H and O–H groups in total. The Morgan fingerprint density at radius 1 is 0.906 bits per heavy atom. The maximum atomic E-state index is 14.5. The van der Waals surface area contributed by atoms with Crippen molar-refractivity contribution in [3.8, 4) is 5.75 Å². The molecule has 0 radical (unpaired) electrons. The molecule has 0 bridgehead atoms. The van der Waals surface area contributed by atoms with Crippen molar-refractivity contribution >= 4 is 23.3 Å². The van der Waals surface area contributed by atoms with Crippen molar-refractivity contribution in [3.63, 3.8) is 0 Å². The number of amides is 3. The summed E-state index contributed by atoms with van der Waals surface area (Å²) in [6, 6.07) is 8.76. The lowest BCUT2D eigenvalue weighted by molar-refractivity contribution is 0.0671. The molecule has 0 aliphatic carbocycles. The van der Waals surface area contributed by atoms with Crippen LogP contribution in [0.2, 0.25) is 0 Å². The molecule has 2 fully saturated rings. The summed E-state index contributed by atoms with van der Waals surface area (Å²) in [4.78, 5) is 30.2. The van der Waals surface area contributed by atoms with Gasteiger partial charge in [-0.15, -0.1) is 0 Å². The minimum Gasteiger partial charge on any atom is -0.497 e. The number of benzene rings is 2. The SMILES string of the molecule is COc1cccc(C(=O)N2CCN(C(=O)Nc3cc(F)c(N4CCCC4)c(F)c3)CC2)c1. The first kappa shape index (κ1) is 21.9. The Labute approximate surface area is 185 Å². The van der Waals surface area contributed by atoms with E-state index < -0.39 is 17.7 Å². The van der Waals surface area contributed by atoms with E-state index in [9.17, 15) is 18.4 Å².